The molecule has 0 bridgehead atoms. The molecule has 0 spiro atoms. The molecule has 0 N–H and O–H groups in total. The van der Waals surface area contributed by atoms with Crippen LogP contribution in [0.1, 0.15) is 0 Å². The third kappa shape index (κ3) is 2.79. The van der Waals surface area contributed by atoms with Gasteiger partial charge < -0.3 is 0 Å². The van der Waals surface area contributed by atoms with Crippen LogP contribution in [0.5, 0.6) is 0 Å². The van der Waals surface area contributed by atoms with Crippen LogP contribution in [0.3, 0.4) is 0 Å². The van der Waals surface area contributed by atoms with E-state index in [1.54, 1.807) is 12.1 Å². The van der Waals surface area contributed by atoms with Crippen LogP contribution in [0.2, 0.25) is 0 Å². The number of hydrogen-bond donors (Lipinski definition) is 0. The van der Waals surface area contributed by atoms with Crippen LogP contribution >= 0.6 is 27.7 Å². The smallest absolute Gasteiger partial charge is 0.213 e. The van der Waals surface area contributed by atoms with Gasteiger partial charge in [-0.2, -0.15) is 4.39 Å². The van der Waals surface area contributed by atoms with Crippen molar-refractivity contribution in [3.8, 4) is 0 Å². The van der Waals surface area contributed by atoms with Gasteiger partial charge in [0.05, 0.1) is 0 Å². The van der Waals surface area contributed by atoms with E-state index < -0.39 is 5.95 Å². The number of aromatic nitrogens is 1. The third-order valence-corrected chi connectivity index (χ3v) is 3.71. The Morgan fingerprint density at radius 2 is 1.87 bits per heavy atom. The van der Waals surface area contributed by atoms with Gasteiger partial charge in [-0.1, -0.05) is 30.0 Å². The molecule has 1 aromatic heterocycles. The molecule has 0 unspecified atom stereocenters. The second kappa shape index (κ2) is 4.77. The number of benzene rings is 1. The van der Waals surface area contributed by atoms with Crippen molar-refractivity contribution in [2.45, 2.75) is 9.92 Å². The summed E-state index contributed by atoms with van der Waals surface area (Å²) in [6.07, 6.45) is 0. The maximum atomic E-state index is 12.8. The minimum atomic E-state index is -0.452. The van der Waals surface area contributed by atoms with Gasteiger partial charge in [0.2, 0.25) is 5.95 Å². The summed E-state index contributed by atoms with van der Waals surface area (Å²) in [6.45, 7) is 0. The lowest BCUT2D eigenvalue weighted by Gasteiger charge is -2.02. The molecule has 0 saturated heterocycles. The molecule has 0 aliphatic rings. The summed E-state index contributed by atoms with van der Waals surface area (Å²) < 4.78 is 13.8. The topological polar surface area (TPSA) is 12.9 Å². The van der Waals surface area contributed by atoms with Gasteiger partial charge in [-0.3, -0.25) is 0 Å². The molecule has 0 aliphatic carbocycles. The van der Waals surface area contributed by atoms with Gasteiger partial charge in [-0.15, -0.1) is 0 Å². The Labute approximate surface area is 99.9 Å². The van der Waals surface area contributed by atoms with Crippen LogP contribution in [0.15, 0.2) is 56.9 Å². The van der Waals surface area contributed by atoms with E-state index >= 15 is 0 Å². The zero-order valence-corrected chi connectivity index (χ0v) is 10.1. The van der Waals surface area contributed by atoms with Crippen molar-refractivity contribution in [2.24, 2.45) is 0 Å². The molecule has 4 heteroatoms. The summed E-state index contributed by atoms with van der Waals surface area (Å²) >= 11 is 4.86. The highest BCUT2D eigenvalue weighted by Gasteiger charge is 2.02. The zero-order valence-electron chi connectivity index (χ0n) is 7.65. The van der Waals surface area contributed by atoms with Gasteiger partial charge >= 0.3 is 0 Å². The van der Waals surface area contributed by atoms with Crippen LogP contribution in [-0.4, -0.2) is 4.98 Å². The molecule has 1 aromatic carbocycles. The molecule has 0 fully saturated rings. The maximum absolute atomic E-state index is 12.8. The van der Waals surface area contributed by atoms with E-state index in [1.165, 1.54) is 17.8 Å². The standard InChI is InChI=1S/C11H7BrFNS/c12-8-4-1-2-5-9(8)15-11-7-3-6-10(13)14-11/h1-7H. The Hall–Kier alpha value is -0.870. The molecule has 0 saturated carbocycles. The molecule has 15 heavy (non-hydrogen) atoms. The van der Waals surface area contributed by atoms with E-state index in [4.69, 9.17) is 0 Å². The van der Waals surface area contributed by atoms with Crippen molar-refractivity contribution in [3.05, 3.63) is 52.9 Å². The normalized spacial score (nSPS) is 10.3. The van der Waals surface area contributed by atoms with Crippen molar-refractivity contribution < 1.29 is 4.39 Å². The fraction of sp³-hybridized carbons (Fsp3) is 0. The average Bonchev–Trinajstić information content (AvgIpc) is 2.22. The Morgan fingerprint density at radius 1 is 1.07 bits per heavy atom. The molecule has 0 amide bonds. The Kier molecular flexibility index (Phi) is 3.38. The summed E-state index contributed by atoms with van der Waals surface area (Å²) in [5.41, 5.74) is 0. The van der Waals surface area contributed by atoms with Crippen molar-refractivity contribution in [2.75, 3.05) is 0 Å². The first kappa shape index (κ1) is 10.6. The lowest BCUT2D eigenvalue weighted by atomic mass is 10.4. The van der Waals surface area contributed by atoms with Gasteiger partial charge in [0.1, 0.15) is 5.03 Å². The molecule has 0 aliphatic heterocycles. The first-order valence-corrected chi connectivity index (χ1v) is 5.91. The molecule has 2 rings (SSSR count). The first-order chi connectivity index (χ1) is 7.25. The van der Waals surface area contributed by atoms with Crippen molar-refractivity contribution >= 4 is 27.7 Å². The fourth-order valence-electron chi connectivity index (χ4n) is 1.09. The summed E-state index contributed by atoms with van der Waals surface area (Å²) in [6, 6.07) is 12.6. The maximum Gasteiger partial charge on any atom is 0.213 e. The van der Waals surface area contributed by atoms with Gasteiger partial charge in [-0.05, 0) is 40.2 Å². The zero-order chi connectivity index (χ0) is 10.7. The number of nitrogens with zero attached hydrogens (tertiary/aromatic N) is 1. The second-order valence-corrected chi connectivity index (χ2v) is 4.75. The molecule has 2 aromatic rings. The molecule has 1 heterocycles. The lowest BCUT2D eigenvalue weighted by molar-refractivity contribution is 0.572. The summed E-state index contributed by atoms with van der Waals surface area (Å²) in [5.74, 6) is -0.452. The first-order valence-electron chi connectivity index (χ1n) is 4.30. The van der Waals surface area contributed by atoms with Crippen molar-refractivity contribution in [1.29, 1.82) is 0 Å². The Morgan fingerprint density at radius 3 is 2.60 bits per heavy atom. The van der Waals surface area contributed by atoms with Gasteiger partial charge in [-0.25, -0.2) is 4.98 Å². The van der Waals surface area contributed by atoms with E-state index in [0.29, 0.717) is 5.03 Å². The number of pyridine rings is 1. The average molecular weight is 284 g/mol. The molecule has 0 radical (unpaired) electrons. The van der Waals surface area contributed by atoms with Crippen LogP contribution < -0.4 is 0 Å². The third-order valence-electron chi connectivity index (χ3n) is 1.74. The van der Waals surface area contributed by atoms with E-state index in [9.17, 15) is 4.39 Å². The van der Waals surface area contributed by atoms with Crippen molar-refractivity contribution in [1.82, 2.24) is 4.98 Å². The SMILES string of the molecule is Fc1cccc(Sc2ccccc2Br)n1. The minimum absolute atomic E-state index is 0.452. The van der Waals surface area contributed by atoms with Gasteiger partial charge in [0.25, 0.3) is 0 Å². The highest BCUT2D eigenvalue weighted by molar-refractivity contribution is 9.10. The van der Waals surface area contributed by atoms with E-state index in [-0.39, 0.29) is 0 Å². The molecular formula is C11H7BrFNS. The van der Waals surface area contributed by atoms with Gasteiger partial charge in [0, 0.05) is 9.37 Å². The van der Waals surface area contributed by atoms with Crippen LogP contribution in [0, 0.1) is 5.95 Å². The highest BCUT2D eigenvalue weighted by atomic mass is 79.9. The Balaban J connectivity index is 2.26. The van der Waals surface area contributed by atoms with Crippen LogP contribution in [0.4, 0.5) is 4.39 Å². The van der Waals surface area contributed by atoms with Crippen LogP contribution in [-0.2, 0) is 0 Å². The molecule has 76 valence electrons. The number of halogens is 2. The molecule has 1 nitrogen and oxygen atoms in total. The monoisotopic (exact) mass is 283 g/mol. The predicted octanol–water partition coefficient (Wildman–Crippen LogP) is 4.13. The lowest BCUT2D eigenvalue weighted by Crippen LogP contribution is -1.84. The predicted molar refractivity (Wildman–Crippen MR) is 62.5 cm³/mol. The van der Waals surface area contributed by atoms with Gasteiger partial charge in [0.15, 0.2) is 0 Å². The van der Waals surface area contributed by atoms with Crippen molar-refractivity contribution in [3.63, 3.8) is 0 Å². The van der Waals surface area contributed by atoms with E-state index in [1.807, 2.05) is 24.3 Å². The summed E-state index contributed by atoms with van der Waals surface area (Å²) in [4.78, 5) is 4.81. The summed E-state index contributed by atoms with van der Waals surface area (Å²) in [7, 11) is 0. The van der Waals surface area contributed by atoms with Crippen LogP contribution in [0.25, 0.3) is 0 Å². The quantitative estimate of drug-likeness (QED) is 0.769. The minimum Gasteiger partial charge on any atom is -0.213 e. The number of rotatable bonds is 2. The van der Waals surface area contributed by atoms with E-state index in [2.05, 4.69) is 20.9 Å². The van der Waals surface area contributed by atoms with E-state index in [0.717, 1.165) is 9.37 Å². The largest absolute Gasteiger partial charge is 0.213 e. The molecular weight excluding hydrogens is 277 g/mol. The second-order valence-electron chi connectivity index (χ2n) is 2.83. The molecule has 0 atom stereocenters. The fourth-order valence-corrected chi connectivity index (χ4v) is 2.43. The Bertz CT molecular complexity index is 476. The highest BCUT2D eigenvalue weighted by Crippen LogP contribution is 2.31. The summed E-state index contributed by atoms with van der Waals surface area (Å²) in [5, 5.41) is 0.655. The number of hydrogen-bond acceptors (Lipinski definition) is 2.